The Labute approximate surface area is 204 Å². The summed E-state index contributed by atoms with van der Waals surface area (Å²) in [7, 11) is 0. The molecule has 1 aromatic heterocycles. The first-order valence-corrected chi connectivity index (χ1v) is 11.7. The van der Waals surface area contributed by atoms with Crippen LogP contribution in [0.25, 0.3) is 0 Å². The van der Waals surface area contributed by atoms with Gasteiger partial charge < -0.3 is 20.8 Å². The highest BCUT2D eigenvalue weighted by Gasteiger charge is 2.38. The van der Waals surface area contributed by atoms with E-state index in [1.165, 1.54) is 6.20 Å². The van der Waals surface area contributed by atoms with Crippen LogP contribution >= 0.6 is 11.6 Å². The molecule has 0 saturated carbocycles. The summed E-state index contributed by atoms with van der Waals surface area (Å²) in [6.07, 6.45) is 4.85. The number of nitrogens with one attached hydrogen (secondary N) is 3. The minimum Gasteiger partial charge on any atom is -0.436 e. The van der Waals surface area contributed by atoms with Crippen molar-refractivity contribution in [1.29, 1.82) is 5.26 Å². The first kappa shape index (κ1) is 24.0. The fourth-order valence-corrected chi connectivity index (χ4v) is 5.23. The van der Waals surface area contributed by atoms with Gasteiger partial charge in [-0.15, -0.1) is 0 Å². The number of rotatable bonds is 5. The van der Waals surface area contributed by atoms with Crippen LogP contribution in [0.2, 0.25) is 5.02 Å². The van der Waals surface area contributed by atoms with Gasteiger partial charge in [0.1, 0.15) is 16.8 Å². The van der Waals surface area contributed by atoms with Crippen molar-refractivity contribution >= 4 is 23.7 Å². The molecule has 1 fully saturated rings. The van der Waals surface area contributed by atoms with Crippen LogP contribution in [-0.4, -0.2) is 40.8 Å². The summed E-state index contributed by atoms with van der Waals surface area (Å²) in [5.41, 5.74) is 4.30. The van der Waals surface area contributed by atoms with Gasteiger partial charge >= 0.3 is 0 Å². The highest BCUT2D eigenvalue weighted by Crippen LogP contribution is 2.34. The average Bonchev–Trinajstić information content (AvgIpc) is 3.27. The van der Waals surface area contributed by atoms with E-state index in [4.69, 9.17) is 16.3 Å². The van der Waals surface area contributed by atoms with Crippen LogP contribution in [0.15, 0.2) is 35.6 Å². The molecule has 0 radical (unpaired) electrons. The van der Waals surface area contributed by atoms with Crippen LogP contribution in [0.4, 0.5) is 0 Å². The lowest BCUT2D eigenvalue weighted by Crippen LogP contribution is -2.62. The molecule has 0 aliphatic carbocycles. The van der Waals surface area contributed by atoms with Gasteiger partial charge in [0.25, 0.3) is 5.91 Å². The van der Waals surface area contributed by atoms with Crippen molar-refractivity contribution in [2.75, 3.05) is 6.54 Å². The van der Waals surface area contributed by atoms with E-state index in [-0.39, 0.29) is 39.8 Å². The summed E-state index contributed by atoms with van der Waals surface area (Å²) >= 11 is 6.43. The third-order valence-corrected chi connectivity index (χ3v) is 6.30. The van der Waals surface area contributed by atoms with Crippen molar-refractivity contribution in [3.05, 3.63) is 52.2 Å². The predicted molar refractivity (Wildman–Crippen MR) is 131 cm³/mol. The van der Waals surface area contributed by atoms with Crippen molar-refractivity contribution in [3.63, 3.8) is 0 Å². The van der Waals surface area contributed by atoms with Crippen LogP contribution < -0.4 is 20.8 Å². The molecule has 3 N–H and O–H groups in total. The molecule has 9 heteroatoms. The Morgan fingerprint density at radius 1 is 1.26 bits per heavy atom. The first-order valence-electron chi connectivity index (χ1n) is 11.3. The lowest BCUT2D eigenvalue weighted by atomic mass is 9.79. The van der Waals surface area contributed by atoms with E-state index in [0.29, 0.717) is 23.4 Å². The van der Waals surface area contributed by atoms with Crippen molar-refractivity contribution in [3.8, 4) is 17.7 Å². The van der Waals surface area contributed by atoms with E-state index in [1.54, 1.807) is 18.3 Å². The number of hydrogen-bond donors (Lipinski definition) is 3. The number of carbonyl (C=O) groups excluding carboxylic acids is 1. The molecule has 34 heavy (non-hydrogen) atoms. The minimum absolute atomic E-state index is 0.0161. The molecule has 0 bridgehead atoms. The van der Waals surface area contributed by atoms with E-state index in [9.17, 15) is 10.1 Å². The maximum atomic E-state index is 12.9. The summed E-state index contributed by atoms with van der Waals surface area (Å²) in [5, 5.41) is 20.7. The highest BCUT2D eigenvalue weighted by atomic mass is 35.5. The zero-order chi connectivity index (χ0) is 24.5. The van der Waals surface area contributed by atoms with Gasteiger partial charge in [-0.2, -0.15) is 10.4 Å². The summed E-state index contributed by atoms with van der Waals surface area (Å²) in [6.45, 7) is 9.17. The smallest absolute Gasteiger partial charge is 0.253 e. The highest BCUT2D eigenvalue weighted by molar-refractivity contribution is 6.32. The van der Waals surface area contributed by atoms with Crippen LogP contribution in [0, 0.1) is 11.3 Å². The molecule has 2 aliphatic rings. The number of pyridine rings is 1. The number of nitrogens with zero attached hydrogens (tertiary/aromatic N) is 3. The number of halogens is 1. The molecule has 178 valence electrons. The number of nitriles is 1. The van der Waals surface area contributed by atoms with E-state index in [2.05, 4.69) is 59.9 Å². The van der Waals surface area contributed by atoms with Gasteiger partial charge in [0.15, 0.2) is 0 Å². The molecule has 1 saturated heterocycles. The van der Waals surface area contributed by atoms with Crippen molar-refractivity contribution in [2.24, 2.45) is 5.10 Å². The standard InChI is InChI=1S/C25H29ClN6O2/c1-24(2)9-17(10-25(3,4)32-24)31-22(33)15-8-20(26)23(28-12-15)34-21-7-5-6-18(19(21)11-27)16-13-29-30-14-16/h5-8,12-13,16-17,30,32H,9-10,14H2,1-4H3,(H,31,33). The van der Waals surface area contributed by atoms with Gasteiger partial charge in [0.2, 0.25) is 5.88 Å². The number of hydrazone groups is 1. The number of carbonyl (C=O) groups is 1. The molecular formula is C25H29ClN6O2. The van der Waals surface area contributed by atoms with Gasteiger partial charge in [0.05, 0.1) is 11.1 Å². The number of piperidine rings is 1. The second-order valence-corrected chi connectivity index (χ2v) is 10.6. The molecule has 0 spiro atoms. The molecule has 3 heterocycles. The Balaban J connectivity index is 1.50. The lowest BCUT2D eigenvalue weighted by Gasteiger charge is -2.46. The number of benzene rings is 1. The SMILES string of the molecule is CC1(C)CC(NC(=O)c2cnc(Oc3cccc(C4C=NNC4)c3C#N)c(Cl)c2)CC(C)(C)N1. The van der Waals surface area contributed by atoms with Gasteiger partial charge in [-0.25, -0.2) is 4.98 Å². The Bertz CT molecular complexity index is 1150. The van der Waals surface area contributed by atoms with Gasteiger partial charge in [-0.1, -0.05) is 23.7 Å². The fourth-order valence-electron chi connectivity index (χ4n) is 5.02. The van der Waals surface area contributed by atoms with Gasteiger partial charge in [-0.05, 0) is 58.2 Å². The third kappa shape index (κ3) is 5.32. The molecule has 1 aromatic carbocycles. The molecule has 4 rings (SSSR count). The second-order valence-electron chi connectivity index (χ2n) is 10.2. The number of hydrogen-bond acceptors (Lipinski definition) is 7. The van der Waals surface area contributed by atoms with Gasteiger partial charge in [-0.3, -0.25) is 4.79 Å². The number of ether oxygens (including phenoxy) is 1. The molecule has 2 aliphatic heterocycles. The summed E-state index contributed by atoms with van der Waals surface area (Å²) in [4.78, 5) is 17.2. The van der Waals surface area contributed by atoms with Crippen LogP contribution in [-0.2, 0) is 0 Å². The maximum absolute atomic E-state index is 12.9. The van der Waals surface area contributed by atoms with Crippen molar-refractivity contribution < 1.29 is 9.53 Å². The monoisotopic (exact) mass is 480 g/mol. The number of amides is 1. The van der Waals surface area contributed by atoms with Gasteiger partial charge in [0, 0.05) is 42.0 Å². The van der Waals surface area contributed by atoms with Crippen molar-refractivity contribution in [1.82, 2.24) is 21.0 Å². The molecule has 1 amide bonds. The quantitative estimate of drug-likeness (QED) is 0.593. The predicted octanol–water partition coefficient (Wildman–Crippen LogP) is 4.11. The summed E-state index contributed by atoms with van der Waals surface area (Å²) in [5.74, 6) is 0.241. The summed E-state index contributed by atoms with van der Waals surface area (Å²) in [6, 6.07) is 9.17. The van der Waals surface area contributed by atoms with Crippen LogP contribution in [0.3, 0.4) is 0 Å². The summed E-state index contributed by atoms with van der Waals surface area (Å²) < 4.78 is 5.90. The van der Waals surface area contributed by atoms with E-state index in [0.717, 1.165) is 18.4 Å². The Morgan fingerprint density at radius 2 is 2.00 bits per heavy atom. The minimum atomic E-state index is -0.229. The van der Waals surface area contributed by atoms with E-state index in [1.807, 2.05) is 12.1 Å². The molecular weight excluding hydrogens is 452 g/mol. The second kappa shape index (κ2) is 9.24. The van der Waals surface area contributed by atoms with Crippen molar-refractivity contribution in [2.45, 2.75) is 63.6 Å². The molecule has 2 aromatic rings. The molecule has 1 unspecified atom stereocenters. The largest absolute Gasteiger partial charge is 0.436 e. The molecule has 8 nitrogen and oxygen atoms in total. The average molecular weight is 481 g/mol. The van der Waals surface area contributed by atoms with E-state index < -0.39 is 0 Å². The maximum Gasteiger partial charge on any atom is 0.253 e. The lowest BCUT2D eigenvalue weighted by molar-refractivity contribution is 0.0873. The zero-order valence-corrected chi connectivity index (χ0v) is 20.5. The normalized spacial score (nSPS) is 20.9. The Hall–Kier alpha value is -3.15. The van der Waals surface area contributed by atoms with E-state index >= 15 is 0 Å². The third-order valence-electron chi connectivity index (χ3n) is 6.03. The number of aromatic nitrogens is 1. The Morgan fingerprint density at radius 3 is 2.62 bits per heavy atom. The van der Waals surface area contributed by atoms with Crippen LogP contribution in [0.1, 0.15) is 67.9 Å². The van der Waals surface area contributed by atoms with Crippen LogP contribution in [0.5, 0.6) is 11.6 Å². The first-order chi connectivity index (χ1) is 16.1. The fraction of sp³-hybridized carbons (Fsp3) is 0.440. The zero-order valence-electron chi connectivity index (χ0n) is 19.8. The molecule has 1 atom stereocenters. The Kier molecular flexibility index (Phi) is 6.52. The topological polar surface area (TPSA) is 111 Å².